The minimum atomic E-state index is 1.10. The highest BCUT2D eigenvalue weighted by atomic mass is 32.1. The summed E-state index contributed by atoms with van der Waals surface area (Å²) in [6, 6.07) is 10.5. The number of hydrogen-bond donors (Lipinski definition) is 0. The van der Waals surface area contributed by atoms with E-state index in [4.69, 9.17) is 0 Å². The van der Waals surface area contributed by atoms with Crippen LogP contribution in [-0.2, 0) is 0 Å². The normalized spacial score (nSPS) is 11.2. The first-order valence-electron chi connectivity index (χ1n) is 4.59. The van der Waals surface area contributed by atoms with Gasteiger partial charge in [-0.3, -0.25) is 0 Å². The van der Waals surface area contributed by atoms with Gasteiger partial charge in [0, 0.05) is 10.8 Å². The number of benzene rings is 1. The maximum absolute atomic E-state index is 4.62. The predicted octanol–water partition coefficient (Wildman–Crippen LogP) is 3.76. The van der Waals surface area contributed by atoms with Crippen molar-refractivity contribution >= 4 is 32.5 Å². The largest absolute Gasteiger partial charge is 0.237 e. The minimum Gasteiger partial charge on any atom is -0.237 e. The zero-order valence-corrected chi connectivity index (χ0v) is 8.64. The molecule has 0 aliphatic heterocycles. The number of hydrogen-bond acceptors (Lipinski definition) is 2. The van der Waals surface area contributed by atoms with Crippen molar-refractivity contribution in [1.29, 1.82) is 0 Å². The molecule has 1 aromatic carbocycles. The summed E-state index contributed by atoms with van der Waals surface area (Å²) >= 11 is 1.71. The van der Waals surface area contributed by atoms with Crippen LogP contribution in [0.25, 0.3) is 21.1 Å². The zero-order chi connectivity index (χ0) is 9.54. The SMILES string of the molecule is Cc1c2ccccc2nc2sccc12. The van der Waals surface area contributed by atoms with Gasteiger partial charge in [0.25, 0.3) is 0 Å². The molecule has 2 aromatic heterocycles. The second-order valence-electron chi connectivity index (χ2n) is 3.39. The molecule has 3 rings (SSSR count). The molecule has 0 spiro atoms. The van der Waals surface area contributed by atoms with Crippen LogP contribution in [0.1, 0.15) is 5.56 Å². The van der Waals surface area contributed by atoms with Gasteiger partial charge in [0.1, 0.15) is 4.83 Å². The van der Waals surface area contributed by atoms with E-state index in [-0.39, 0.29) is 0 Å². The molecule has 0 saturated carbocycles. The lowest BCUT2D eigenvalue weighted by Crippen LogP contribution is -1.82. The second-order valence-corrected chi connectivity index (χ2v) is 4.29. The lowest BCUT2D eigenvalue weighted by Gasteiger charge is -2.02. The Kier molecular flexibility index (Phi) is 1.58. The standard InChI is InChI=1S/C12H9NS/c1-8-9-4-2-3-5-11(9)13-12-10(8)6-7-14-12/h2-7H,1H3. The fourth-order valence-electron chi connectivity index (χ4n) is 1.82. The summed E-state index contributed by atoms with van der Waals surface area (Å²) < 4.78 is 0. The Bertz CT molecular complexity index is 610. The molecule has 0 N–H and O–H groups in total. The third kappa shape index (κ3) is 0.976. The Labute approximate surface area is 86.0 Å². The molecule has 14 heavy (non-hydrogen) atoms. The quantitative estimate of drug-likeness (QED) is 0.537. The molecular weight excluding hydrogens is 190 g/mol. The first-order chi connectivity index (χ1) is 6.86. The summed E-state index contributed by atoms with van der Waals surface area (Å²) in [5.74, 6) is 0. The Morgan fingerprint density at radius 1 is 1.07 bits per heavy atom. The Morgan fingerprint density at radius 3 is 2.86 bits per heavy atom. The van der Waals surface area contributed by atoms with Crippen LogP contribution < -0.4 is 0 Å². The van der Waals surface area contributed by atoms with Crippen LogP contribution in [0, 0.1) is 6.92 Å². The van der Waals surface area contributed by atoms with Gasteiger partial charge < -0.3 is 0 Å². The average Bonchev–Trinajstić information content (AvgIpc) is 2.66. The molecule has 0 saturated heterocycles. The van der Waals surface area contributed by atoms with E-state index in [1.807, 2.05) is 6.07 Å². The van der Waals surface area contributed by atoms with Crippen molar-refractivity contribution in [2.24, 2.45) is 0 Å². The first kappa shape index (κ1) is 7.94. The van der Waals surface area contributed by atoms with Gasteiger partial charge in [0.15, 0.2) is 0 Å². The van der Waals surface area contributed by atoms with Crippen molar-refractivity contribution in [3.8, 4) is 0 Å². The van der Waals surface area contributed by atoms with E-state index in [0.717, 1.165) is 10.3 Å². The summed E-state index contributed by atoms with van der Waals surface area (Å²) in [6.45, 7) is 2.17. The van der Waals surface area contributed by atoms with Crippen LogP contribution >= 0.6 is 11.3 Å². The molecule has 0 aliphatic carbocycles. The van der Waals surface area contributed by atoms with Crippen LogP contribution in [0.4, 0.5) is 0 Å². The second kappa shape index (κ2) is 2.79. The highest BCUT2D eigenvalue weighted by Gasteiger charge is 2.04. The highest BCUT2D eigenvalue weighted by molar-refractivity contribution is 7.16. The Morgan fingerprint density at radius 2 is 1.93 bits per heavy atom. The third-order valence-corrected chi connectivity index (χ3v) is 3.39. The fraction of sp³-hybridized carbons (Fsp3) is 0.0833. The van der Waals surface area contributed by atoms with Gasteiger partial charge in [-0.25, -0.2) is 4.98 Å². The summed E-state index contributed by atoms with van der Waals surface area (Å²) in [5.41, 5.74) is 2.44. The van der Waals surface area contributed by atoms with Gasteiger partial charge in [-0.05, 0) is 30.0 Å². The smallest absolute Gasteiger partial charge is 0.124 e. The molecule has 2 heteroatoms. The monoisotopic (exact) mass is 199 g/mol. The molecule has 0 aliphatic rings. The van der Waals surface area contributed by atoms with E-state index in [2.05, 4.69) is 41.6 Å². The fourth-order valence-corrected chi connectivity index (χ4v) is 2.65. The van der Waals surface area contributed by atoms with Crippen LogP contribution in [0.15, 0.2) is 35.7 Å². The summed E-state index contributed by atoms with van der Waals surface area (Å²) in [7, 11) is 0. The van der Waals surface area contributed by atoms with Crippen molar-refractivity contribution in [2.45, 2.75) is 6.92 Å². The van der Waals surface area contributed by atoms with Crippen LogP contribution in [0.2, 0.25) is 0 Å². The van der Waals surface area contributed by atoms with Crippen molar-refractivity contribution < 1.29 is 0 Å². The average molecular weight is 199 g/mol. The van der Waals surface area contributed by atoms with Crippen LogP contribution in [0.3, 0.4) is 0 Å². The topological polar surface area (TPSA) is 12.9 Å². The lowest BCUT2D eigenvalue weighted by molar-refractivity contribution is 1.49. The Hall–Kier alpha value is -1.41. The van der Waals surface area contributed by atoms with Crippen LogP contribution in [-0.4, -0.2) is 4.98 Å². The van der Waals surface area contributed by atoms with Crippen molar-refractivity contribution in [3.63, 3.8) is 0 Å². The van der Waals surface area contributed by atoms with Crippen molar-refractivity contribution in [1.82, 2.24) is 4.98 Å². The maximum atomic E-state index is 4.62. The van der Waals surface area contributed by atoms with Gasteiger partial charge in [-0.2, -0.15) is 0 Å². The number of aryl methyl sites for hydroxylation is 1. The molecule has 0 bridgehead atoms. The maximum Gasteiger partial charge on any atom is 0.124 e. The molecule has 0 amide bonds. The molecule has 2 heterocycles. The predicted molar refractivity (Wildman–Crippen MR) is 61.9 cm³/mol. The molecule has 1 nitrogen and oxygen atoms in total. The van der Waals surface area contributed by atoms with E-state index in [1.165, 1.54) is 16.3 Å². The van der Waals surface area contributed by atoms with Gasteiger partial charge >= 0.3 is 0 Å². The summed E-state index contributed by atoms with van der Waals surface area (Å²) in [6.07, 6.45) is 0. The minimum absolute atomic E-state index is 1.10. The number of rotatable bonds is 0. The summed E-state index contributed by atoms with van der Waals surface area (Å²) in [5, 5.41) is 4.65. The number of aromatic nitrogens is 1. The van der Waals surface area contributed by atoms with E-state index in [0.29, 0.717) is 0 Å². The van der Waals surface area contributed by atoms with E-state index < -0.39 is 0 Å². The molecule has 0 unspecified atom stereocenters. The van der Waals surface area contributed by atoms with Crippen molar-refractivity contribution in [2.75, 3.05) is 0 Å². The van der Waals surface area contributed by atoms with E-state index >= 15 is 0 Å². The molecule has 68 valence electrons. The molecule has 3 aromatic rings. The number of pyridine rings is 1. The van der Waals surface area contributed by atoms with Crippen LogP contribution in [0.5, 0.6) is 0 Å². The van der Waals surface area contributed by atoms with Gasteiger partial charge in [-0.15, -0.1) is 11.3 Å². The van der Waals surface area contributed by atoms with Crippen molar-refractivity contribution in [3.05, 3.63) is 41.3 Å². The molecule has 0 atom stereocenters. The highest BCUT2D eigenvalue weighted by Crippen LogP contribution is 2.27. The Balaban J connectivity index is 2.63. The molecule has 0 fully saturated rings. The zero-order valence-electron chi connectivity index (χ0n) is 7.82. The van der Waals surface area contributed by atoms with E-state index in [1.54, 1.807) is 11.3 Å². The van der Waals surface area contributed by atoms with Gasteiger partial charge in [0.05, 0.1) is 5.52 Å². The summed E-state index contributed by atoms with van der Waals surface area (Å²) in [4.78, 5) is 5.76. The van der Waals surface area contributed by atoms with E-state index in [9.17, 15) is 0 Å². The number of nitrogens with zero attached hydrogens (tertiary/aromatic N) is 1. The van der Waals surface area contributed by atoms with Gasteiger partial charge in [0.2, 0.25) is 0 Å². The number of fused-ring (bicyclic) bond motifs is 2. The first-order valence-corrected chi connectivity index (χ1v) is 5.47. The number of thiophene rings is 1. The van der Waals surface area contributed by atoms with Gasteiger partial charge in [-0.1, -0.05) is 18.2 Å². The molecule has 0 radical (unpaired) electrons. The lowest BCUT2D eigenvalue weighted by atomic mass is 10.1. The number of para-hydroxylation sites is 1. The molecular formula is C12H9NS. The third-order valence-electron chi connectivity index (χ3n) is 2.58.